The molecule has 3 atom stereocenters. The lowest BCUT2D eigenvalue weighted by Gasteiger charge is -2.33. The Kier molecular flexibility index (Phi) is 7.86. The minimum absolute atomic E-state index is 0.302. The molecule has 2 nitrogen and oxygen atoms in total. The van der Waals surface area contributed by atoms with Gasteiger partial charge in [-0.1, -0.05) is 27.7 Å². The molecule has 0 aromatic heterocycles. The molecule has 0 saturated heterocycles. The van der Waals surface area contributed by atoms with E-state index in [1.54, 1.807) is 13.0 Å². The van der Waals surface area contributed by atoms with E-state index in [9.17, 15) is 13.2 Å². The Morgan fingerprint density at radius 2 is 1.96 bits per heavy atom. The zero-order chi connectivity index (χ0) is 17.7. The highest BCUT2D eigenvalue weighted by atomic mass is 31.1. The lowest BCUT2D eigenvalue weighted by Crippen LogP contribution is -2.39. The Bertz CT molecular complexity index is 392. The van der Waals surface area contributed by atoms with E-state index >= 15 is 0 Å². The van der Waals surface area contributed by atoms with Gasteiger partial charge in [-0.15, -0.1) is 8.58 Å². The van der Waals surface area contributed by atoms with Crippen LogP contribution in [-0.2, 0) is 4.74 Å². The minimum Gasteiger partial charge on any atom is -0.487 e. The molecule has 1 saturated carbocycles. The van der Waals surface area contributed by atoms with Gasteiger partial charge in [0.1, 0.15) is 5.76 Å². The molecule has 6 heteroatoms. The Labute approximate surface area is 140 Å². The summed E-state index contributed by atoms with van der Waals surface area (Å²) < 4.78 is 41.6. The molecular formula is C17H31F3NOP. The zero-order valence-corrected chi connectivity index (χ0v) is 15.9. The van der Waals surface area contributed by atoms with E-state index in [4.69, 9.17) is 4.74 Å². The summed E-state index contributed by atoms with van der Waals surface area (Å²) >= 11 is 0. The molecule has 136 valence electrons. The summed E-state index contributed by atoms with van der Waals surface area (Å²) in [5.41, 5.74) is 0.510. The van der Waals surface area contributed by atoms with Crippen molar-refractivity contribution in [2.75, 3.05) is 13.2 Å². The van der Waals surface area contributed by atoms with Crippen LogP contribution in [0.2, 0.25) is 0 Å². The molecule has 0 spiro atoms. The molecule has 0 amide bonds. The molecule has 0 aromatic rings. The first-order valence-electron chi connectivity index (χ1n) is 8.44. The summed E-state index contributed by atoms with van der Waals surface area (Å²) in [5, 5.41) is 3.76. The van der Waals surface area contributed by atoms with Gasteiger partial charge >= 0.3 is 6.18 Å². The van der Waals surface area contributed by atoms with E-state index in [-0.39, 0.29) is 0 Å². The van der Waals surface area contributed by atoms with Crippen LogP contribution in [0.1, 0.15) is 53.9 Å². The van der Waals surface area contributed by atoms with Gasteiger partial charge in [-0.3, -0.25) is 0 Å². The van der Waals surface area contributed by atoms with E-state index in [0.717, 1.165) is 20.9 Å². The van der Waals surface area contributed by atoms with Gasteiger partial charge in [0.25, 0.3) is 0 Å². The van der Waals surface area contributed by atoms with Crippen LogP contribution in [0.3, 0.4) is 0 Å². The van der Waals surface area contributed by atoms with E-state index in [1.165, 1.54) is 12.8 Å². The number of allylic oxidation sites excluding steroid dienone is 1. The zero-order valence-electron chi connectivity index (χ0n) is 14.9. The maximum Gasteiger partial charge on any atom is 0.422 e. The fourth-order valence-corrected chi connectivity index (χ4v) is 5.18. The molecule has 1 N–H and O–H groups in total. The third-order valence-corrected chi connectivity index (χ3v) is 6.53. The van der Waals surface area contributed by atoms with E-state index < -0.39 is 12.8 Å². The van der Waals surface area contributed by atoms with Gasteiger partial charge in [-0.25, -0.2) is 0 Å². The fourth-order valence-electron chi connectivity index (χ4n) is 2.93. The Morgan fingerprint density at radius 1 is 1.35 bits per heavy atom. The minimum atomic E-state index is -4.29. The second-order valence-electron chi connectivity index (χ2n) is 6.98. The highest BCUT2D eigenvalue weighted by Gasteiger charge is 2.39. The summed E-state index contributed by atoms with van der Waals surface area (Å²) in [5.74, 6) is 1.21. The van der Waals surface area contributed by atoms with Crippen molar-refractivity contribution in [1.29, 1.82) is 0 Å². The van der Waals surface area contributed by atoms with E-state index in [2.05, 4.69) is 33.0 Å². The summed E-state index contributed by atoms with van der Waals surface area (Å²) in [6, 6.07) is 0.302. The predicted molar refractivity (Wildman–Crippen MR) is 92.4 cm³/mol. The van der Waals surface area contributed by atoms with Gasteiger partial charge in [0.2, 0.25) is 0 Å². The normalized spacial score (nSPS) is 20.1. The van der Waals surface area contributed by atoms with Gasteiger partial charge in [0.05, 0.1) is 6.54 Å². The monoisotopic (exact) mass is 353 g/mol. The molecule has 0 aromatic carbocycles. The first-order valence-corrected chi connectivity index (χ1v) is 9.52. The van der Waals surface area contributed by atoms with Gasteiger partial charge < -0.3 is 10.1 Å². The van der Waals surface area contributed by atoms with Crippen molar-refractivity contribution in [3.05, 3.63) is 11.8 Å². The number of alkyl halides is 3. The highest BCUT2D eigenvalue weighted by molar-refractivity contribution is 7.40. The van der Waals surface area contributed by atoms with Crippen molar-refractivity contribution in [3.8, 4) is 0 Å². The predicted octanol–water partition coefficient (Wildman–Crippen LogP) is 5.09. The Hall–Kier alpha value is -0.280. The number of nitrogens with one attached hydrogen (secondary N) is 1. The summed E-state index contributed by atoms with van der Waals surface area (Å²) in [4.78, 5) is 0. The van der Waals surface area contributed by atoms with Crippen LogP contribution in [0, 0.1) is 5.92 Å². The second kappa shape index (κ2) is 8.71. The van der Waals surface area contributed by atoms with Crippen LogP contribution in [0.25, 0.3) is 0 Å². The van der Waals surface area contributed by atoms with Crippen molar-refractivity contribution in [2.24, 2.45) is 5.92 Å². The molecule has 1 rings (SSSR count). The van der Waals surface area contributed by atoms with Gasteiger partial charge in [0.15, 0.2) is 6.61 Å². The number of hydrogen-bond acceptors (Lipinski definition) is 2. The molecular weight excluding hydrogens is 322 g/mol. The van der Waals surface area contributed by atoms with Crippen molar-refractivity contribution in [3.63, 3.8) is 0 Å². The molecule has 1 aliphatic carbocycles. The molecule has 0 aliphatic heterocycles. The SMILES string of the molecule is CC=C(CNC(CC)C(C)PC(C)(C)C1CC1)OCC(F)(F)F. The quantitative estimate of drug-likeness (QED) is 0.436. The van der Waals surface area contributed by atoms with Gasteiger partial charge in [-0.05, 0) is 49.0 Å². The van der Waals surface area contributed by atoms with Crippen molar-refractivity contribution < 1.29 is 17.9 Å². The topological polar surface area (TPSA) is 21.3 Å². The smallest absolute Gasteiger partial charge is 0.422 e. The van der Waals surface area contributed by atoms with E-state index in [1.807, 2.05) is 0 Å². The number of ether oxygens (including phenoxy) is 1. The van der Waals surface area contributed by atoms with Crippen LogP contribution in [0.5, 0.6) is 0 Å². The Morgan fingerprint density at radius 3 is 2.39 bits per heavy atom. The summed E-state index contributed by atoms with van der Waals surface area (Å²) in [6.07, 6.45) is 0.953. The number of hydrogen-bond donors (Lipinski definition) is 1. The highest BCUT2D eigenvalue weighted by Crippen LogP contribution is 2.52. The van der Waals surface area contributed by atoms with Crippen molar-refractivity contribution in [2.45, 2.75) is 76.9 Å². The van der Waals surface area contributed by atoms with Crippen molar-refractivity contribution >= 4 is 8.58 Å². The Balaban J connectivity index is 2.44. The summed E-state index contributed by atoms with van der Waals surface area (Å²) in [7, 11) is 0.856. The molecule has 0 heterocycles. The average molecular weight is 353 g/mol. The maximum absolute atomic E-state index is 12.2. The van der Waals surface area contributed by atoms with Crippen LogP contribution in [-0.4, -0.2) is 36.2 Å². The first-order chi connectivity index (χ1) is 10.6. The van der Waals surface area contributed by atoms with Gasteiger partial charge in [-0.2, -0.15) is 13.2 Å². The molecule has 23 heavy (non-hydrogen) atoms. The number of halogens is 3. The fraction of sp³-hybridized carbons (Fsp3) is 0.882. The molecule has 0 radical (unpaired) electrons. The number of rotatable bonds is 10. The standard InChI is InChI=1S/C17H31F3NOP/c1-6-14(22-11-17(18,19)20)10-21-15(7-2)12(3)23-16(4,5)13-8-9-13/h6,12-13,15,21,23H,7-11H2,1-5H3. The largest absolute Gasteiger partial charge is 0.487 e. The molecule has 0 bridgehead atoms. The third kappa shape index (κ3) is 7.89. The molecule has 3 unspecified atom stereocenters. The lowest BCUT2D eigenvalue weighted by molar-refractivity contribution is -0.165. The summed E-state index contributed by atoms with van der Waals surface area (Å²) in [6.45, 7) is 9.88. The maximum atomic E-state index is 12.2. The average Bonchev–Trinajstić information content (AvgIpc) is 3.25. The second-order valence-corrected chi connectivity index (χ2v) is 9.47. The third-order valence-electron chi connectivity index (χ3n) is 4.52. The van der Waals surface area contributed by atoms with Crippen LogP contribution in [0.4, 0.5) is 13.2 Å². The molecule has 1 fully saturated rings. The van der Waals surface area contributed by atoms with Gasteiger partial charge in [0, 0.05) is 6.04 Å². The van der Waals surface area contributed by atoms with Crippen molar-refractivity contribution in [1.82, 2.24) is 5.32 Å². The van der Waals surface area contributed by atoms with E-state index in [0.29, 0.717) is 29.2 Å². The molecule has 1 aliphatic rings. The first kappa shape index (κ1) is 20.8. The van der Waals surface area contributed by atoms with Crippen LogP contribution < -0.4 is 5.32 Å². The lowest BCUT2D eigenvalue weighted by atomic mass is 10.1. The van der Waals surface area contributed by atoms with Crippen LogP contribution in [0.15, 0.2) is 11.8 Å². The van der Waals surface area contributed by atoms with Crippen LogP contribution >= 0.6 is 8.58 Å².